The number of carbonyl (C=O) groups is 1. The van der Waals surface area contributed by atoms with Gasteiger partial charge in [-0.3, -0.25) is 10.0 Å². The number of hydroxylamine groups is 1. The molecule has 0 unspecified atom stereocenters. The molecule has 0 bridgehead atoms. The zero-order chi connectivity index (χ0) is 25.8. The van der Waals surface area contributed by atoms with Gasteiger partial charge in [0.2, 0.25) is 0 Å². The van der Waals surface area contributed by atoms with Crippen LogP contribution in [0.25, 0.3) is 11.1 Å². The summed E-state index contributed by atoms with van der Waals surface area (Å²) in [5.41, 5.74) is 5.07. The number of sulfone groups is 1. The first-order valence-electron chi connectivity index (χ1n) is 11.6. The van der Waals surface area contributed by atoms with Crippen LogP contribution in [0.4, 0.5) is 4.39 Å². The van der Waals surface area contributed by atoms with Crippen LogP contribution in [-0.4, -0.2) is 44.1 Å². The number of hydrogen-bond acceptors (Lipinski definition) is 6. The predicted octanol–water partition coefficient (Wildman–Crippen LogP) is 4.25. The lowest BCUT2D eigenvalue weighted by Gasteiger charge is -2.34. The molecule has 0 radical (unpaired) electrons. The summed E-state index contributed by atoms with van der Waals surface area (Å²) in [5, 5.41) is 9.16. The van der Waals surface area contributed by atoms with Gasteiger partial charge in [0.15, 0.2) is 14.6 Å². The number of benzene rings is 3. The number of carbonyl (C=O) groups excluding carboxylic acids is 1. The summed E-state index contributed by atoms with van der Waals surface area (Å²) < 4.78 is 49.5. The summed E-state index contributed by atoms with van der Waals surface area (Å²) in [7, 11) is -4.08. The van der Waals surface area contributed by atoms with Crippen molar-refractivity contribution in [1.82, 2.24) is 5.48 Å². The fourth-order valence-corrected chi connectivity index (χ4v) is 6.32. The number of hydrogen-bond donors (Lipinski definition) is 2. The lowest BCUT2D eigenvalue weighted by Crippen LogP contribution is -2.54. The Kier molecular flexibility index (Phi) is 7.73. The first-order chi connectivity index (χ1) is 17.3. The second-order valence-electron chi connectivity index (χ2n) is 8.79. The Morgan fingerprint density at radius 3 is 2.42 bits per heavy atom. The number of ether oxygens (including phenoxy) is 2. The molecule has 4 rings (SSSR count). The highest BCUT2D eigenvalue weighted by atomic mass is 32.2. The summed E-state index contributed by atoms with van der Waals surface area (Å²) in [6.45, 7) is 2.32. The van der Waals surface area contributed by atoms with E-state index in [4.69, 9.17) is 14.7 Å². The van der Waals surface area contributed by atoms with Crippen molar-refractivity contribution < 1.29 is 32.3 Å². The molecule has 7 nitrogen and oxygen atoms in total. The lowest BCUT2D eigenvalue weighted by atomic mass is 9.98. The molecule has 3 aromatic carbocycles. The molecule has 9 heteroatoms. The Morgan fingerprint density at radius 2 is 1.75 bits per heavy atom. The van der Waals surface area contributed by atoms with Crippen LogP contribution in [-0.2, 0) is 25.8 Å². The third-order valence-electron chi connectivity index (χ3n) is 6.54. The van der Waals surface area contributed by atoms with Gasteiger partial charge >= 0.3 is 0 Å². The zero-order valence-corrected chi connectivity index (χ0v) is 20.7. The number of nitrogens with one attached hydrogen (secondary N) is 1. The van der Waals surface area contributed by atoms with Crippen molar-refractivity contribution >= 4 is 15.7 Å². The molecule has 2 N–H and O–H groups in total. The van der Waals surface area contributed by atoms with E-state index in [2.05, 4.69) is 0 Å². The monoisotopic (exact) mass is 513 g/mol. The van der Waals surface area contributed by atoms with E-state index in [-0.39, 0.29) is 36.8 Å². The van der Waals surface area contributed by atoms with Crippen molar-refractivity contribution in [2.24, 2.45) is 0 Å². The van der Waals surface area contributed by atoms with Gasteiger partial charge in [-0.1, -0.05) is 30.3 Å². The van der Waals surface area contributed by atoms with Crippen LogP contribution in [0.1, 0.15) is 24.0 Å². The van der Waals surface area contributed by atoms with Crippen molar-refractivity contribution in [3.05, 3.63) is 83.7 Å². The Labute approximate surface area is 209 Å². The average Bonchev–Trinajstić information content (AvgIpc) is 2.90. The van der Waals surface area contributed by atoms with E-state index in [0.29, 0.717) is 24.3 Å². The number of aryl methyl sites for hydroxylation is 1. The minimum absolute atomic E-state index is 0.0253. The van der Waals surface area contributed by atoms with Crippen molar-refractivity contribution in [3.63, 3.8) is 0 Å². The number of rotatable bonds is 8. The fourth-order valence-electron chi connectivity index (χ4n) is 4.38. The highest BCUT2D eigenvalue weighted by Crippen LogP contribution is 2.35. The molecule has 0 aliphatic carbocycles. The Morgan fingerprint density at radius 1 is 1.06 bits per heavy atom. The van der Waals surface area contributed by atoms with Crippen LogP contribution in [0.15, 0.2) is 71.6 Å². The fraction of sp³-hybridized carbons (Fsp3) is 0.296. The molecule has 1 heterocycles. The van der Waals surface area contributed by atoms with E-state index < -0.39 is 20.5 Å². The number of amides is 1. The quantitative estimate of drug-likeness (QED) is 0.345. The van der Waals surface area contributed by atoms with Crippen LogP contribution in [0, 0.1) is 12.7 Å². The van der Waals surface area contributed by atoms with Gasteiger partial charge in [-0.05, 0) is 78.4 Å². The van der Waals surface area contributed by atoms with Crippen molar-refractivity contribution in [2.75, 3.05) is 19.8 Å². The smallest absolute Gasteiger partial charge is 0.265 e. The maximum absolute atomic E-state index is 13.6. The summed E-state index contributed by atoms with van der Waals surface area (Å²) in [6, 6.07) is 18.9. The SMILES string of the molecule is Cc1cc(-c2cccc(CCOc3ccc(S(=O)(=O)C4(C(=O)NO)CCOCC4)cc3)c2)ccc1F. The van der Waals surface area contributed by atoms with Crippen LogP contribution >= 0.6 is 0 Å². The first-order valence-corrected chi connectivity index (χ1v) is 13.1. The predicted molar refractivity (Wildman–Crippen MR) is 132 cm³/mol. The molecule has 0 spiro atoms. The van der Waals surface area contributed by atoms with E-state index in [9.17, 15) is 17.6 Å². The molecule has 1 saturated heterocycles. The van der Waals surface area contributed by atoms with Gasteiger partial charge in [-0.25, -0.2) is 18.3 Å². The van der Waals surface area contributed by atoms with Crippen LogP contribution < -0.4 is 10.2 Å². The Balaban J connectivity index is 1.42. The summed E-state index contributed by atoms with van der Waals surface area (Å²) >= 11 is 0. The van der Waals surface area contributed by atoms with Gasteiger partial charge in [0, 0.05) is 19.6 Å². The van der Waals surface area contributed by atoms with Gasteiger partial charge in [0.05, 0.1) is 11.5 Å². The molecule has 1 fully saturated rings. The maximum atomic E-state index is 13.6. The molecule has 1 aliphatic heterocycles. The Bertz CT molecular complexity index is 1330. The van der Waals surface area contributed by atoms with E-state index in [1.807, 2.05) is 30.3 Å². The highest BCUT2D eigenvalue weighted by Gasteiger charge is 2.52. The molecule has 0 aromatic heterocycles. The lowest BCUT2D eigenvalue weighted by molar-refractivity contribution is -0.134. The molecule has 1 amide bonds. The normalized spacial score (nSPS) is 15.3. The minimum atomic E-state index is -4.08. The van der Waals surface area contributed by atoms with Gasteiger partial charge in [0.1, 0.15) is 11.6 Å². The van der Waals surface area contributed by atoms with Crippen LogP contribution in [0.3, 0.4) is 0 Å². The standard InChI is InChI=1S/C27H28FNO6S/c1-19-17-22(5-10-25(19)28)21-4-2-3-20(18-21)11-14-35-23-6-8-24(9-7-23)36(32,33)27(26(30)29-31)12-15-34-16-13-27/h2-10,17-18,31H,11-16H2,1H3,(H,29,30). The second kappa shape index (κ2) is 10.8. The van der Waals surface area contributed by atoms with E-state index in [1.54, 1.807) is 25.1 Å². The second-order valence-corrected chi connectivity index (χ2v) is 11.0. The molecular formula is C27H28FNO6S. The topological polar surface area (TPSA) is 102 Å². The molecule has 0 atom stereocenters. The maximum Gasteiger partial charge on any atom is 0.265 e. The summed E-state index contributed by atoms with van der Waals surface area (Å²) in [4.78, 5) is 12.3. The third-order valence-corrected chi connectivity index (χ3v) is 9.06. The van der Waals surface area contributed by atoms with Gasteiger partial charge < -0.3 is 9.47 Å². The molecule has 190 valence electrons. The summed E-state index contributed by atoms with van der Waals surface area (Å²) in [5.74, 6) is -0.697. The van der Waals surface area contributed by atoms with Gasteiger partial charge in [0.25, 0.3) is 5.91 Å². The van der Waals surface area contributed by atoms with Crippen molar-refractivity contribution in [3.8, 4) is 16.9 Å². The van der Waals surface area contributed by atoms with Crippen LogP contribution in [0.5, 0.6) is 5.75 Å². The Hall–Kier alpha value is -3.27. The summed E-state index contributed by atoms with van der Waals surface area (Å²) in [6.07, 6.45) is 0.529. The average molecular weight is 514 g/mol. The van der Waals surface area contributed by atoms with Gasteiger partial charge in [-0.2, -0.15) is 0 Å². The van der Waals surface area contributed by atoms with E-state index in [1.165, 1.54) is 23.7 Å². The van der Waals surface area contributed by atoms with Gasteiger partial charge in [-0.15, -0.1) is 0 Å². The molecule has 0 saturated carbocycles. The molecule has 3 aromatic rings. The minimum Gasteiger partial charge on any atom is -0.493 e. The molecule has 1 aliphatic rings. The zero-order valence-electron chi connectivity index (χ0n) is 19.9. The molecule has 36 heavy (non-hydrogen) atoms. The van der Waals surface area contributed by atoms with Crippen molar-refractivity contribution in [2.45, 2.75) is 35.8 Å². The molecular weight excluding hydrogens is 485 g/mol. The first kappa shape index (κ1) is 25.8. The number of halogens is 1. The largest absolute Gasteiger partial charge is 0.493 e. The highest BCUT2D eigenvalue weighted by molar-refractivity contribution is 7.93. The van der Waals surface area contributed by atoms with E-state index in [0.717, 1.165) is 16.7 Å². The third kappa shape index (κ3) is 5.13. The van der Waals surface area contributed by atoms with Crippen LogP contribution in [0.2, 0.25) is 0 Å². The van der Waals surface area contributed by atoms with Crippen molar-refractivity contribution in [1.29, 1.82) is 0 Å². The van der Waals surface area contributed by atoms with E-state index >= 15 is 0 Å².